The molecule has 0 spiro atoms. The van der Waals surface area contributed by atoms with Gasteiger partial charge in [0.2, 0.25) is 0 Å². The van der Waals surface area contributed by atoms with Crippen molar-refractivity contribution in [3.63, 3.8) is 0 Å². The van der Waals surface area contributed by atoms with Gasteiger partial charge in [0, 0.05) is 11.4 Å². The summed E-state index contributed by atoms with van der Waals surface area (Å²) in [5.41, 5.74) is 1.07. The van der Waals surface area contributed by atoms with Crippen molar-refractivity contribution in [3.05, 3.63) is 20.8 Å². The number of hydrogen-bond acceptors (Lipinski definition) is 5. The lowest BCUT2D eigenvalue weighted by Crippen LogP contribution is -2.24. The molecule has 2 aromatic heterocycles. The van der Waals surface area contributed by atoms with E-state index in [9.17, 15) is 9.59 Å². The molecule has 7 heteroatoms. The fraction of sp³-hybridized carbons (Fsp3) is 0.500. The van der Waals surface area contributed by atoms with Crippen molar-refractivity contribution in [1.29, 1.82) is 0 Å². The highest BCUT2D eigenvalue weighted by Gasteiger charge is 2.21. The summed E-state index contributed by atoms with van der Waals surface area (Å²) in [5.74, 6) is -0.901. The Bertz CT molecular complexity index is 764. The molecule has 1 aliphatic carbocycles. The highest BCUT2D eigenvalue weighted by atomic mass is 32.2. The number of carboxylic acids is 1. The van der Waals surface area contributed by atoms with Crippen molar-refractivity contribution < 1.29 is 9.90 Å². The standard InChI is InChI=1S/C14H16N2O3S2/c1-20-14-15-12-11(8-4-2-3-5-9(8)21-12)13(19)16(14)7-6-10(17)18/h2-7H2,1H3,(H,17,18). The molecule has 21 heavy (non-hydrogen) atoms. The normalized spacial score (nSPS) is 14.3. The third-order valence-corrected chi connectivity index (χ3v) is 5.63. The molecule has 0 aromatic carbocycles. The molecule has 0 radical (unpaired) electrons. The molecule has 1 N–H and O–H groups in total. The van der Waals surface area contributed by atoms with Gasteiger partial charge in [-0.1, -0.05) is 11.8 Å². The second kappa shape index (κ2) is 5.81. The Morgan fingerprint density at radius 3 is 2.90 bits per heavy atom. The topological polar surface area (TPSA) is 72.2 Å². The number of thiophene rings is 1. The zero-order valence-corrected chi connectivity index (χ0v) is 13.4. The Morgan fingerprint density at radius 1 is 1.43 bits per heavy atom. The maximum Gasteiger partial charge on any atom is 0.305 e. The minimum atomic E-state index is -0.901. The van der Waals surface area contributed by atoms with E-state index in [1.54, 1.807) is 11.3 Å². The van der Waals surface area contributed by atoms with Gasteiger partial charge in [-0.3, -0.25) is 14.2 Å². The fourth-order valence-corrected chi connectivity index (χ4v) is 4.67. The molecule has 3 rings (SSSR count). The summed E-state index contributed by atoms with van der Waals surface area (Å²) >= 11 is 3.01. The van der Waals surface area contributed by atoms with E-state index >= 15 is 0 Å². The molecule has 112 valence electrons. The third-order valence-electron chi connectivity index (χ3n) is 3.77. The summed E-state index contributed by atoms with van der Waals surface area (Å²) in [6, 6.07) is 0. The average Bonchev–Trinajstić information content (AvgIpc) is 2.84. The molecule has 2 heterocycles. The Labute approximate surface area is 130 Å². The highest BCUT2D eigenvalue weighted by Crippen LogP contribution is 2.34. The van der Waals surface area contributed by atoms with Gasteiger partial charge in [-0.2, -0.15) is 0 Å². The molecule has 0 atom stereocenters. The van der Waals surface area contributed by atoms with Gasteiger partial charge in [-0.15, -0.1) is 11.3 Å². The van der Waals surface area contributed by atoms with Gasteiger partial charge in [0.1, 0.15) is 4.83 Å². The zero-order chi connectivity index (χ0) is 15.0. The summed E-state index contributed by atoms with van der Waals surface area (Å²) in [7, 11) is 0. The molecule has 0 saturated heterocycles. The number of carboxylic acid groups (broad SMARTS) is 1. The summed E-state index contributed by atoms with van der Waals surface area (Å²) < 4.78 is 1.52. The van der Waals surface area contributed by atoms with E-state index in [1.165, 1.54) is 27.6 Å². The van der Waals surface area contributed by atoms with E-state index in [0.29, 0.717) is 5.16 Å². The number of thioether (sulfide) groups is 1. The van der Waals surface area contributed by atoms with Gasteiger partial charge in [0.15, 0.2) is 5.16 Å². The Kier molecular flexibility index (Phi) is 4.03. The van der Waals surface area contributed by atoms with Gasteiger partial charge < -0.3 is 5.11 Å². The van der Waals surface area contributed by atoms with Crippen LogP contribution >= 0.6 is 23.1 Å². The third kappa shape index (κ3) is 2.60. The van der Waals surface area contributed by atoms with Crippen LogP contribution in [0.25, 0.3) is 10.2 Å². The van der Waals surface area contributed by atoms with Crippen LogP contribution in [0.2, 0.25) is 0 Å². The first kappa shape index (κ1) is 14.6. The number of hydrogen-bond donors (Lipinski definition) is 1. The van der Waals surface area contributed by atoms with Crippen LogP contribution < -0.4 is 5.56 Å². The second-order valence-electron chi connectivity index (χ2n) is 5.09. The smallest absolute Gasteiger partial charge is 0.305 e. The van der Waals surface area contributed by atoms with Gasteiger partial charge in [-0.05, 0) is 37.5 Å². The van der Waals surface area contributed by atoms with Gasteiger partial charge in [0.05, 0.1) is 11.8 Å². The Hall–Kier alpha value is -1.34. The molecule has 0 amide bonds. The first-order valence-corrected chi connectivity index (χ1v) is 8.97. The van der Waals surface area contributed by atoms with E-state index in [2.05, 4.69) is 4.98 Å². The number of aliphatic carboxylic acids is 1. The molecule has 1 aliphatic rings. The Balaban J connectivity index is 2.19. The van der Waals surface area contributed by atoms with Crippen LogP contribution in [0.4, 0.5) is 0 Å². The monoisotopic (exact) mass is 324 g/mol. The molecule has 0 saturated carbocycles. The van der Waals surface area contributed by atoms with Crippen molar-refractivity contribution in [2.75, 3.05) is 6.26 Å². The van der Waals surface area contributed by atoms with E-state index in [-0.39, 0.29) is 18.5 Å². The van der Waals surface area contributed by atoms with Gasteiger partial charge >= 0.3 is 5.97 Å². The van der Waals surface area contributed by atoms with Crippen molar-refractivity contribution in [3.8, 4) is 0 Å². The van der Waals surface area contributed by atoms with Crippen LogP contribution in [0.5, 0.6) is 0 Å². The number of fused-ring (bicyclic) bond motifs is 3. The number of aryl methyl sites for hydroxylation is 2. The van der Waals surface area contributed by atoms with Crippen molar-refractivity contribution in [2.45, 2.75) is 43.8 Å². The first-order chi connectivity index (χ1) is 10.1. The highest BCUT2D eigenvalue weighted by molar-refractivity contribution is 7.98. The predicted molar refractivity (Wildman–Crippen MR) is 84.6 cm³/mol. The SMILES string of the molecule is CSc1nc2sc3c(c2c(=O)n1CCC(=O)O)CCCC3. The van der Waals surface area contributed by atoms with Crippen molar-refractivity contribution >= 4 is 39.3 Å². The van der Waals surface area contributed by atoms with Gasteiger partial charge in [-0.25, -0.2) is 4.98 Å². The van der Waals surface area contributed by atoms with Crippen LogP contribution in [0.1, 0.15) is 29.7 Å². The van der Waals surface area contributed by atoms with E-state index in [4.69, 9.17) is 5.11 Å². The molecule has 0 unspecified atom stereocenters. The molecule has 0 aliphatic heterocycles. The number of rotatable bonds is 4. The summed E-state index contributed by atoms with van der Waals surface area (Å²) in [6.07, 6.45) is 6.04. The van der Waals surface area contributed by atoms with E-state index in [1.807, 2.05) is 6.26 Å². The summed E-state index contributed by atoms with van der Waals surface area (Å²) in [6.45, 7) is 0.178. The van der Waals surface area contributed by atoms with Crippen LogP contribution in [0.3, 0.4) is 0 Å². The zero-order valence-electron chi connectivity index (χ0n) is 11.7. The molecular formula is C14H16N2O3S2. The minimum Gasteiger partial charge on any atom is -0.481 e. The van der Waals surface area contributed by atoms with Crippen molar-refractivity contribution in [1.82, 2.24) is 9.55 Å². The predicted octanol–water partition coefficient (Wildman–Crippen LogP) is 2.53. The molecular weight excluding hydrogens is 308 g/mol. The fourth-order valence-electron chi connectivity index (χ4n) is 2.78. The molecule has 0 fully saturated rings. The lowest BCUT2D eigenvalue weighted by atomic mass is 9.97. The summed E-state index contributed by atoms with van der Waals surface area (Å²) in [5, 5.41) is 10.2. The number of nitrogens with zero attached hydrogens (tertiary/aromatic N) is 2. The largest absolute Gasteiger partial charge is 0.481 e. The first-order valence-electron chi connectivity index (χ1n) is 6.92. The molecule has 5 nitrogen and oxygen atoms in total. The average molecular weight is 324 g/mol. The lowest BCUT2D eigenvalue weighted by Gasteiger charge is -2.12. The molecule has 2 aromatic rings. The van der Waals surface area contributed by atoms with E-state index in [0.717, 1.165) is 35.0 Å². The maximum absolute atomic E-state index is 12.8. The Morgan fingerprint density at radius 2 is 2.19 bits per heavy atom. The quantitative estimate of drug-likeness (QED) is 0.691. The van der Waals surface area contributed by atoms with Gasteiger partial charge in [0.25, 0.3) is 5.56 Å². The van der Waals surface area contributed by atoms with E-state index < -0.39 is 5.97 Å². The van der Waals surface area contributed by atoms with Crippen LogP contribution in [-0.4, -0.2) is 26.9 Å². The summed E-state index contributed by atoms with van der Waals surface area (Å²) in [4.78, 5) is 30.2. The maximum atomic E-state index is 12.8. The van der Waals surface area contributed by atoms with Crippen molar-refractivity contribution in [2.24, 2.45) is 0 Å². The second-order valence-corrected chi connectivity index (χ2v) is 6.95. The lowest BCUT2D eigenvalue weighted by molar-refractivity contribution is -0.137. The number of aromatic nitrogens is 2. The number of carbonyl (C=O) groups is 1. The minimum absolute atomic E-state index is 0.0625. The van der Waals surface area contributed by atoms with Crippen LogP contribution in [0, 0.1) is 0 Å². The molecule has 0 bridgehead atoms. The van der Waals surface area contributed by atoms with Crippen LogP contribution in [-0.2, 0) is 24.2 Å². The van der Waals surface area contributed by atoms with Crippen LogP contribution in [0.15, 0.2) is 9.95 Å².